The van der Waals surface area contributed by atoms with E-state index in [0.717, 1.165) is 28.3 Å². The van der Waals surface area contributed by atoms with Gasteiger partial charge in [0.25, 0.3) is 0 Å². The summed E-state index contributed by atoms with van der Waals surface area (Å²) < 4.78 is 10.9. The number of para-hydroxylation sites is 3. The lowest BCUT2D eigenvalue weighted by Gasteiger charge is -2.13. The van der Waals surface area contributed by atoms with Crippen molar-refractivity contribution in [2.75, 3.05) is 0 Å². The predicted octanol–water partition coefficient (Wildman–Crippen LogP) is 10.1. The van der Waals surface area contributed by atoms with Crippen molar-refractivity contribution in [3.8, 4) is 17.1 Å². The number of hydrogen-bond donors (Lipinski definition) is 0. The molecule has 8 aromatic rings. The molecule has 0 spiro atoms. The molecule has 6 aromatic carbocycles. The molecule has 0 bridgehead atoms. The highest BCUT2D eigenvalue weighted by molar-refractivity contribution is 6.10. The summed E-state index contributed by atoms with van der Waals surface area (Å²) in [5.74, 6) is 0.852. The van der Waals surface area contributed by atoms with Crippen LogP contribution in [-0.2, 0) is 6.61 Å². The molecule has 2 aromatic heterocycles. The minimum absolute atomic E-state index is 0.506. The van der Waals surface area contributed by atoms with E-state index in [1.54, 1.807) is 0 Å². The van der Waals surface area contributed by atoms with Gasteiger partial charge in [-0.3, -0.25) is 0 Å². The molecule has 0 atom stereocenters. The highest BCUT2D eigenvalue weighted by Gasteiger charge is 2.15. The Balaban J connectivity index is 1.24. The molecular formula is C39H28N2O. The average Bonchev–Trinajstić information content (AvgIpc) is 3.57. The first-order valence-corrected chi connectivity index (χ1v) is 14.2. The topological polar surface area (TPSA) is 19.1 Å². The van der Waals surface area contributed by atoms with Gasteiger partial charge in [-0.25, -0.2) is 0 Å². The van der Waals surface area contributed by atoms with Gasteiger partial charge >= 0.3 is 0 Å². The van der Waals surface area contributed by atoms with Crippen molar-refractivity contribution in [3.63, 3.8) is 0 Å². The second kappa shape index (κ2) is 9.83. The van der Waals surface area contributed by atoms with E-state index < -0.39 is 0 Å². The number of ether oxygens (including phenoxy) is 1. The maximum atomic E-state index is 6.13. The summed E-state index contributed by atoms with van der Waals surface area (Å²) in [4.78, 5) is 0. The Morgan fingerprint density at radius 2 is 1.02 bits per heavy atom. The number of nitrogens with zero attached hydrogens (tertiary/aromatic N) is 2. The van der Waals surface area contributed by atoms with E-state index in [1.807, 2.05) is 30.3 Å². The summed E-state index contributed by atoms with van der Waals surface area (Å²) in [6, 6.07) is 49.5. The molecule has 0 aliphatic rings. The SMILES string of the molecule is C=Cc1ccc(OCc2ccc3c(c2)c2ccccc2n3-c2cccc(-n3c4ccccc4c4ccccc43)c2)cc1. The number of rotatable bonds is 6. The van der Waals surface area contributed by atoms with Crippen LogP contribution in [0.15, 0.2) is 146 Å². The number of aromatic nitrogens is 2. The highest BCUT2D eigenvalue weighted by atomic mass is 16.5. The van der Waals surface area contributed by atoms with Crippen LogP contribution in [0.2, 0.25) is 0 Å². The van der Waals surface area contributed by atoms with Crippen LogP contribution in [0.25, 0.3) is 61.1 Å². The number of fused-ring (bicyclic) bond motifs is 6. The maximum absolute atomic E-state index is 6.13. The van der Waals surface area contributed by atoms with E-state index in [0.29, 0.717) is 6.61 Å². The van der Waals surface area contributed by atoms with Crippen molar-refractivity contribution < 1.29 is 4.74 Å². The van der Waals surface area contributed by atoms with E-state index in [4.69, 9.17) is 4.74 Å². The molecule has 0 saturated heterocycles. The van der Waals surface area contributed by atoms with Crippen LogP contribution in [0.3, 0.4) is 0 Å². The van der Waals surface area contributed by atoms with Crippen molar-refractivity contribution >= 4 is 49.7 Å². The largest absolute Gasteiger partial charge is 0.489 e. The Hall–Kier alpha value is -5.54. The zero-order chi connectivity index (χ0) is 28.0. The van der Waals surface area contributed by atoms with Gasteiger partial charge in [0.05, 0.1) is 22.1 Å². The standard InChI is InChI=1S/C39H28N2O/c1-2-27-18-21-31(22-19-27)42-26-28-20-23-39-35(24-28)34-14-5-8-17-38(34)41(39)30-11-9-10-29(25-30)40-36-15-6-3-12-32(36)33-13-4-7-16-37(33)40/h2-25H,1,26H2. The van der Waals surface area contributed by atoms with Gasteiger partial charge in [0, 0.05) is 32.9 Å². The van der Waals surface area contributed by atoms with Gasteiger partial charge < -0.3 is 13.9 Å². The maximum Gasteiger partial charge on any atom is 0.119 e. The fraction of sp³-hybridized carbons (Fsp3) is 0.0256. The molecule has 200 valence electrons. The van der Waals surface area contributed by atoms with Gasteiger partial charge in [-0.1, -0.05) is 91.5 Å². The molecular weight excluding hydrogens is 512 g/mol. The third-order valence-corrected chi connectivity index (χ3v) is 8.18. The fourth-order valence-electron chi connectivity index (χ4n) is 6.23. The Kier molecular flexibility index (Phi) is 5.68. The van der Waals surface area contributed by atoms with Crippen molar-refractivity contribution in [2.45, 2.75) is 6.61 Å². The van der Waals surface area contributed by atoms with E-state index in [9.17, 15) is 0 Å². The van der Waals surface area contributed by atoms with Crippen LogP contribution in [0, 0.1) is 0 Å². The predicted molar refractivity (Wildman–Crippen MR) is 176 cm³/mol. The molecule has 0 amide bonds. The minimum atomic E-state index is 0.506. The van der Waals surface area contributed by atoms with Crippen LogP contribution >= 0.6 is 0 Å². The van der Waals surface area contributed by atoms with Crippen LogP contribution in [0.1, 0.15) is 11.1 Å². The normalized spacial score (nSPS) is 11.5. The molecule has 0 aliphatic heterocycles. The first-order chi connectivity index (χ1) is 20.8. The van der Waals surface area contributed by atoms with E-state index >= 15 is 0 Å². The van der Waals surface area contributed by atoms with E-state index in [2.05, 4.69) is 131 Å². The Labute approximate surface area is 244 Å². The molecule has 0 fully saturated rings. The summed E-state index contributed by atoms with van der Waals surface area (Å²) in [5.41, 5.74) is 9.27. The molecule has 0 radical (unpaired) electrons. The van der Waals surface area contributed by atoms with Crippen LogP contribution in [0.4, 0.5) is 0 Å². The van der Waals surface area contributed by atoms with Crippen LogP contribution < -0.4 is 4.74 Å². The van der Waals surface area contributed by atoms with Gasteiger partial charge in [-0.05, 0) is 71.8 Å². The van der Waals surface area contributed by atoms with Gasteiger partial charge in [-0.15, -0.1) is 0 Å². The lowest BCUT2D eigenvalue weighted by atomic mass is 10.1. The summed E-state index contributed by atoms with van der Waals surface area (Å²) in [6.45, 7) is 4.34. The molecule has 0 unspecified atom stereocenters. The monoisotopic (exact) mass is 540 g/mol. The summed E-state index contributed by atoms with van der Waals surface area (Å²) in [5, 5.41) is 4.98. The van der Waals surface area contributed by atoms with Crippen LogP contribution in [0.5, 0.6) is 5.75 Å². The third kappa shape index (κ3) is 3.90. The van der Waals surface area contributed by atoms with Crippen molar-refractivity contribution in [1.29, 1.82) is 0 Å². The first kappa shape index (κ1) is 24.3. The smallest absolute Gasteiger partial charge is 0.119 e. The zero-order valence-electron chi connectivity index (χ0n) is 23.1. The minimum Gasteiger partial charge on any atom is -0.489 e. The second-order valence-corrected chi connectivity index (χ2v) is 10.7. The summed E-state index contributed by atoms with van der Waals surface area (Å²) in [7, 11) is 0. The Morgan fingerprint density at radius 3 is 1.60 bits per heavy atom. The average molecular weight is 541 g/mol. The molecule has 3 nitrogen and oxygen atoms in total. The van der Waals surface area contributed by atoms with Gasteiger partial charge in [0.2, 0.25) is 0 Å². The fourth-order valence-corrected chi connectivity index (χ4v) is 6.23. The van der Waals surface area contributed by atoms with E-state index in [-0.39, 0.29) is 0 Å². The molecule has 0 aliphatic carbocycles. The molecule has 2 heterocycles. The van der Waals surface area contributed by atoms with Crippen molar-refractivity contribution in [2.24, 2.45) is 0 Å². The van der Waals surface area contributed by atoms with Gasteiger partial charge in [0.15, 0.2) is 0 Å². The first-order valence-electron chi connectivity index (χ1n) is 14.2. The third-order valence-electron chi connectivity index (χ3n) is 8.18. The number of benzene rings is 6. The molecule has 3 heteroatoms. The zero-order valence-corrected chi connectivity index (χ0v) is 23.1. The molecule has 42 heavy (non-hydrogen) atoms. The second-order valence-electron chi connectivity index (χ2n) is 10.7. The van der Waals surface area contributed by atoms with Crippen molar-refractivity contribution in [1.82, 2.24) is 9.13 Å². The molecule has 0 N–H and O–H groups in total. The highest BCUT2D eigenvalue weighted by Crippen LogP contribution is 2.35. The summed E-state index contributed by atoms with van der Waals surface area (Å²) in [6.07, 6.45) is 1.84. The van der Waals surface area contributed by atoms with Crippen LogP contribution in [-0.4, -0.2) is 9.13 Å². The van der Waals surface area contributed by atoms with Crippen molar-refractivity contribution in [3.05, 3.63) is 157 Å². The summed E-state index contributed by atoms with van der Waals surface area (Å²) >= 11 is 0. The lowest BCUT2D eigenvalue weighted by molar-refractivity contribution is 0.306. The quantitative estimate of drug-likeness (QED) is 0.205. The number of hydrogen-bond acceptors (Lipinski definition) is 1. The Bertz CT molecular complexity index is 2210. The van der Waals surface area contributed by atoms with E-state index in [1.165, 1.54) is 43.6 Å². The Morgan fingerprint density at radius 1 is 0.500 bits per heavy atom. The van der Waals surface area contributed by atoms with Gasteiger partial charge in [0.1, 0.15) is 12.4 Å². The molecule has 0 saturated carbocycles. The van der Waals surface area contributed by atoms with Gasteiger partial charge in [-0.2, -0.15) is 0 Å². The lowest BCUT2D eigenvalue weighted by Crippen LogP contribution is -1.99. The molecule has 8 rings (SSSR count).